The third-order valence-electron chi connectivity index (χ3n) is 2.89. The summed E-state index contributed by atoms with van der Waals surface area (Å²) in [5, 5.41) is 11.7. The van der Waals surface area contributed by atoms with Crippen LogP contribution >= 0.6 is 0 Å². The average Bonchev–Trinajstić information content (AvgIpc) is 2.69. The predicted octanol–water partition coefficient (Wildman–Crippen LogP) is 1.40. The van der Waals surface area contributed by atoms with E-state index < -0.39 is 0 Å². The molecule has 0 aliphatic rings. The van der Waals surface area contributed by atoms with Crippen molar-refractivity contribution in [1.82, 2.24) is 9.88 Å². The van der Waals surface area contributed by atoms with Gasteiger partial charge < -0.3 is 20.7 Å². The highest BCUT2D eigenvalue weighted by atomic mass is 16.3. The van der Waals surface area contributed by atoms with Gasteiger partial charge in [0.15, 0.2) is 0 Å². The Balaban J connectivity index is 2.66. The van der Waals surface area contributed by atoms with Crippen molar-refractivity contribution in [2.75, 3.05) is 18.9 Å². The number of aromatic nitrogens is 1. The molecule has 0 radical (unpaired) electrons. The van der Waals surface area contributed by atoms with Crippen LogP contribution in [0.25, 0.3) is 0 Å². The monoisotopic (exact) mass is 253 g/mol. The third-order valence-corrected chi connectivity index (χ3v) is 2.89. The second-order valence-electron chi connectivity index (χ2n) is 4.99. The summed E-state index contributed by atoms with van der Waals surface area (Å²) in [4.78, 5) is 12.0. The van der Waals surface area contributed by atoms with Crippen LogP contribution in [0, 0.1) is 5.92 Å². The predicted molar refractivity (Wildman–Crippen MR) is 72.4 cm³/mol. The van der Waals surface area contributed by atoms with Gasteiger partial charge in [0.1, 0.15) is 5.69 Å². The molecule has 1 aromatic heterocycles. The Morgan fingerprint density at radius 3 is 2.72 bits per heavy atom. The number of hydrogen-bond donors (Lipinski definition) is 3. The van der Waals surface area contributed by atoms with Crippen LogP contribution < -0.4 is 11.1 Å². The molecule has 1 amide bonds. The van der Waals surface area contributed by atoms with E-state index in [1.807, 2.05) is 25.3 Å². The molecule has 1 atom stereocenters. The summed E-state index contributed by atoms with van der Waals surface area (Å²) < 4.78 is 1.86. The molecule has 1 rings (SSSR count). The average molecular weight is 253 g/mol. The fourth-order valence-electron chi connectivity index (χ4n) is 1.79. The van der Waals surface area contributed by atoms with E-state index in [4.69, 9.17) is 10.8 Å². The summed E-state index contributed by atoms with van der Waals surface area (Å²) in [5.74, 6) is 0.143. The van der Waals surface area contributed by atoms with Crippen LogP contribution in [0.5, 0.6) is 0 Å². The first kappa shape index (κ1) is 14.6. The maximum atomic E-state index is 12.0. The van der Waals surface area contributed by atoms with Crippen LogP contribution in [0.3, 0.4) is 0 Å². The van der Waals surface area contributed by atoms with Gasteiger partial charge in [-0.05, 0) is 32.3 Å². The lowest BCUT2D eigenvalue weighted by Gasteiger charge is -2.14. The van der Waals surface area contributed by atoms with Crippen LogP contribution in [0.15, 0.2) is 12.3 Å². The minimum atomic E-state index is -0.120. The molecular weight excluding hydrogens is 230 g/mol. The lowest BCUT2D eigenvalue weighted by atomic mass is 10.1. The Bertz CT molecular complexity index is 399. The number of amides is 1. The summed E-state index contributed by atoms with van der Waals surface area (Å²) in [6, 6.07) is 1.88. The van der Waals surface area contributed by atoms with Crippen LogP contribution in [0.1, 0.15) is 43.7 Å². The van der Waals surface area contributed by atoms with Crippen LogP contribution in [0.2, 0.25) is 0 Å². The Morgan fingerprint density at radius 2 is 2.17 bits per heavy atom. The largest absolute Gasteiger partial charge is 0.397 e. The molecule has 1 unspecified atom stereocenters. The van der Waals surface area contributed by atoms with E-state index in [-0.39, 0.29) is 24.5 Å². The molecule has 1 heterocycles. The number of carbonyl (C=O) groups is 1. The van der Waals surface area contributed by atoms with E-state index in [0.717, 1.165) is 0 Å². The van der Waals surface area contributed by atoms with Crippen molar-refractivity contribution >= 4 is 11.6 Å². The molecule has 0 saturated carbocycles. The SMILES string of the molecule is CC(CCO)CNC(=O)c1cc(N)cn1C(C)C. The number of aliphatic hydroxyl groups excluding tert-OH is 1. The van der Waals surface area contributed by atoms with Crippen LogP contribution in [0.4, 0.5) is 5.69 Å². The molecule has 0 bridgehead atoms. The summed E-state index contributed by atoms with van der Waals surface area (Å²) in [6.07, 6.45) is 2.46. The maximum absolute atomic E-state index is 12.0. The van der Waals surface area contributed by atoms with E-state index in [2.05, 4.69) is 5.32 Å². The molecule has 5 heteroatoms. The Hall–Kier alpha value is -1.49. The number of nitrogen functional groups attached to an aromatic ring is 1. The van der Waals surface area contributed by atoms with Gasteiger partial charge in [-0.2, -0.15) is 0 Å². The van der Waals surface area contributed by atoms with Gasteiger partial charge in [0.25, 0.3) is 5.91 Å². The number of aliphatic hydroxyl groups is 1. The molecule has 1 aromatic rings. The highest BCUT2D eigenvalue weighted by Gasteiger charge is 2.15. The Kier molecular flexibility index (Phi) is 5.22. The van der Waals surface area contributed by atoms with Gasteiger partial charge in [-0.3, -0.25) is 4.79 Å². The Morgan fingerprint density at radius 1 is 1.50 bits per heavy atom. The molecule has 0 aliphatic carbocycles. The summed E-state index contributed by atoms with van der Waals surface area (Å²) in [6.45, 7) is 6.70. The second kappa shape index (κ2) is 6.44. The molecule has 0 aliphatic heterocycles. The molecule has 0 fully saturated rings. The van der Waals surface area contributed by atoms with Crippen LogP contribution in [-0.4, -0.2) is 28.7 Å². The Labute approximate surface area is 108 Å². The molecular formula is C13H23N3O2. The zero-order valence-electron chi connectivity index (χ0n) is 11.3. The summed E-state index contributed by atoms with van der Waals surface area (Å²) in [7, 11) is 0. The van der Waals surface area contributed by atoms with Gasteiger partial charge >= 0.3 is 0 Å². The minimum absolute atomic E-state index is 0.120. The normalized spacial score (nSPS) is 12.7. The molecule has 4 N–H and O–H groups in total. The number of hydrogen-bond acceptors (Lipinski definition) is 3. The lowest BCUT2D eigenvalue weighted by molar-refractivity contribution is 0.0934. The van der Waals surface area contributed by atoms with Crippen molar-refractivity contribution in [3.05, 3.63) is 18.0 Å². The summed E-state index contributed by atoms with van der Waals surface area (Å²) >= 11 is 0. The highest BCUT2D eigenvalue weighted by Crippen LogP contribution is 2.16. The molecule has 18 heavy (non-hydrogen) atoms. The lowest BCUT2D eigenvalue weighted by Crippen LogP contribution is -2.30. The van der Waals surface area contributed by atoms with Crippen molar-refractivity contribution < 1.29 is 9.90 Å². The zero-order valence-corrected chi connectivity index (χ0v) is 11.3. The minimum Gasteiger partial charge on any atom is -0.397 e. The molecule has 5 nitrogen and oxygen atoms in total. The highest BCUT2D eigenvalue weighted by molar-refractivity contribution is 5.93. The number of carbonyl (C=O) groups excluding carboxylic acids is 1. The number of nitrogens with zero attached hydrogens (tertiary/aromatic N) is 1. The van der Waals surface area contributed by atoms with Gasteiger partial charge in [0, 0.05) is 25.4 Å². The standard InChI is InChI=1S/C13H23N3O2/c1-9(2)16-8-11(14)6-12(16)13(18)15-7-10(3)4-5-17/h6,8-10,17H,4-5,7,14H2,1-3H3,(H,15,18). The van der Waals surface area contributed by atoms with Crippen molar-refractivity contribution in [2.45, 2.75) is 33.2 Å². The first-order valence-corrected chi connectivity index (χ1v) is 6.32. The number of anilines is 1. The van der Waals surface area contributed by atoms with Gasteiger partial charge in [0.05, 0.1) is 5.69 Å². The van der Waals surface area contributed by atoms with Gasteiger partial charge in [-0.25, -0.2) is 0 Å². The van der Waals surface area contributed by atoms with Gasteiger partial charge in [0.2, 0.25) is 0 Å². The number of nitrogens with one attached hydrogen (secondary N) is 1. The quantitative estimate of drug-likeness (QED) is 0.717. The van der Waals surface area contributed by atoms with E-state index in [1.54, 1.807) is 12.3 Å². The first-order valence-electron chi connectivity index (χ1n) is 6.32. The van der Waals surface area contributed by atoms with E-state index >= 15 is 0 Å². The van der Waals surface area contributed by atoms with Crippen molar-refractivity contribution in [2.24, 2.45) is 5.92 Å². The number of nitrogens with two attached hydrogens (primary N) is 1. The molecule has 102 valence electrons. The smallest absolute Gasteiger partial charge is 0.268 e. The number of rotatable bonds is 6. The van der Waals surface area contributed by atoms with Crippen molar-refractivity contribution in [3.8, 4) is 0 Å². The van der Waals surface area contributed by atoms with Gasteiger partial charge in [-0.15, -0.1) is 0 Å². The van der Waals surface area contributed by atoms with Gasteiger partial charge in [-0.1, -0.05) is 6.92 Å². The molecule has 0 spiro atoms. The topological polar surface area (TPSA) is 80.3 Å². The molecule has 0 saturated heterocycles. The van der Waals surface area contributed by atoms with Crippen LogP contribution in [-0.2, 0) is 0 Å². The third kappa shape index (κ3) is 3.77. The zero-order chi connectivity index (χ0) is 13.7. The molecule has 0 aromatic carbocycles. The van der Waals surface area contributed by atoms with Crippen molar-refractivity contribution in [3.63, 3.8) is 0 Å². The maximum Gasteiger partial charge on any atom is 0.268 e. The first-order chi connectivity index (χ1) is 8.45. The van der Waals surface area contributed by atoms with E-state index in [1.165, 1.54) is 0 Å². The summed E-state index contributed by atoms with van der Waals surface area (Å²) in [5.41, 5.74) is 6.90. The second-order valence-corrected chi connectivity index (χ2v) is 4.99. The van der Waals surface area contributed by atoms with E-state index in [0.29, 0.717) is 24.3 Å². The fraction of sp³-hybridized carbons (Fsp3) is 0.615. The van der Waals surface area contributed by atoms with E-state index in [9.17, 15) is 4.79 Å². The van der Waals surface area contributed by atoms with Crippen molar-refractivity contribution in [1.29, 1.82) is 0 Å². The fourth-order valence-corrected chi connectivity index (χ4v) is 1.79.